The summed E-state index contributed by atoms with van der Waals surface area (Å²) in [5.74, 6) is -0.395. The van der Waals surface area contributed by atoms with Crippen LogP contribution in [0.4, 0.5) is 0 Å². The van der Waals surface area contributed by atoms with Crippen LogP contribution in [0.3, 0.4) is 0 Å². The Morgan fingerprint density at radius 3 is 2.92 bits per heavy atom. The first-order valence-electron chi connectivity index (χ1n) is 3.51. The normalized spacial score (nSPS) is 10.5. The van der Waals surface area contributed by atoms with Crippen molar-refractivity contribution in [1.29, 1.82) is 0 Å². The molecule has 2 aromatic heterocycles. The number of hydrogen-bond acceptors (Lipinski definition) is 3. The Balaban J connectivity index is 2.75. The first-order chi connectivity index (χ1) is 6.18. The van der Waals surface area contributed by atoms with E-state index >= 15 is 0 Å². The van der Waals surface area contributed by atoms with Gasteiger partial charge >= 0.3 is 0 Å². The number of nitrogens with zero attached hydrogens (tertiary/aromatic N) is 1. The van der Waals surface area contributed by atoms with Gasteiger partial charge in [-0.2, -0.15) is 0 Å². The average molecular weight is 257 g/mol. The van der Waals surface area contributed by atoms with Crippen molar-refractivity contribution in [3.8, 4) is 0 Å². The molecule has 13 heavy (non-hydrogen) atoms. The molecule has 0 aromatic carbocycles. The van der Waals surface area contributed by atoms with Crippen molar-refractivity contribution in [1.82, 2.24) is 4.98 Å². The molecule has 0 aliphatic carbocycles. The van der Waals surface area contributed by atoms with Gasteiger partial charge in [-0.1, -0.05) is 0 Å². The van der Waals surface area contributed by atoms with E-state index in [1.54, 1.807) is 18.5 Å². The summed E-state index contributed by atoms with van der Waals surface area (Å²) in [5, 5.41) is 0.938. The van der Waals surface area contributed by atoms with Gasteiger partial charge in [-0.05, 0) is 22.0 Å². The molecule has 66 valence electrons. The maximum atomic E-state index is 10.9. The minimum Gasteiger partial charge on any atom is -0.365 e. The number of rotatable bonds is 1. The number of halogens is 1. The van der Waals surface area contributed by atoms with Crippen LogP contribution in [0.1, 0.15) is 9.67 Å². The van der Waals surface area contributed by atoms with Gasteiger partial charge in [-0.25, -0.2) is 0 Å². The molecule has 0 fully saturated rings. The Labute approximate surface area is 86.7 Å². The lowest BCUT2D eigenvalue weighted by molar-refractivity contribution is 0.100. The molecule has 0 saturated heterocycles. The third-order valence-electron chi connectivity index (χ3n) is 1.62. The molecular weight excluding hydrogens is 252 g/mol. The van der Waals surface area contributed by atoms with Crippen LogP contribution in [0.2, 0.25) is 0 Å². The number of carbonyl (C=O) groups excluding carboxylic acids is 1. The molecule has 0 aliphatic heterocycles. The lowest BCUT2D eigenvalue weighted by atomic mass is 10.3. The van der Waals surface area contributed by atoms with Crippen LogP contribution >= 0.6 is 27.3 Å². The highest BCUT2D eigenvalue weighted by Gasteiger charge is 2.08. The van der Waals surface area contributed by atoms with Gasteiger partial charge in [-0.3, -0.25) is 9.78 Å². The minimum atomic E-state index is -0.395. The summed E-state index contributed by atoms with van der Waals surface area (Å²) in [6.07, 6.45) is 3.41. The van der Waals surface area contributed by atoms with Crippen LogP contribution in [-0.2, 0) is 0 Å². The quantitative estimate of drug-likeness (QED) is 0.851. The summed E-state index contributed by atoms with van der Waals surface area (Å²) in [4.78, 5) is 15.4. The van der Waals surface area contributed by atoms with Crippen molar-refractivity contribution in [2.75, 3.05) is 0 Å². The molecule has 3 nitrogen and oxygen atoms in total. The van der Waals surface area contributed by atoms with Crippen molar-refractivity contribution in [3.05, 3.63) is 27.8 Å². The van der Waals surface area contributed by atoms with E-state index in [9.17, 15) is 4.79 Å². The number of fused-ring (bicyclic) bond motifs is 1. The standard InChI is InChI=1S/C8H5BrN2OS/c9-5-3-11-2-4-1-6(8(10)12)13-7(4)5/h1-3H,(H2,10,12). The molecule has 2 heterocycles. The van der Waals surface area contributed by atoms with E-state index < -0.39 is 5.91 Å². The van der Waals surface area contributed by atoms with Gasteiger partial charge in [0.15, 0.2) is 0 Å². The predicted octanol–water partition coefficient (Wildman–Crippen LogP) is 2.16. The highest BCUT2D eigenvalue weighted by molar-refractivity contribution is 9.10. The largest absolute Gasteiger partial charge is 0.365 e. The summed E-state index contributed by atoms with van der Waals surface area (Å²) in [5.41, 5.74) is 5.16. The Kier molecular flexibility index (Phi) is 2.05. The van der Waals surface area contributed by atoms with E-state index in [0.717, 1.165) is 14.6 Å². The van der Waals surface area contributed by atoms with Crippen molar-refractivity contribution in [3.63, 3.8) is 0 Å². The molecule has 2 rings (SSSR count). The van der Waals surface area contributed by atoms with Crippen LogP contribution < -0.4 is 5.73 Å². The van der Waals surface area contributed by atoms with Gasteiger partial charge in [0.1, 0.15) is 0 Å². The third kappa shape index (κ3) is 1.45. The van der Waals surface area contributed by atoms with Gasteiger partial charge in [0.05, 0.1) is 14.0 Å². The van der Waals surface area contributed by atoms with Crippen LogP contribution in [0.5, 0.6) is 0 Å². The Bertz CT molecular complexity index is 480. The second-order valence-electron chi connectivity index (χ2n) is 2.51. The second kappa shape index (κ2) is 3.08. The number of primary amides is 1. The smallest absolute Gasteiger partial charge is 0.258 e. The average Bonchev–Trinajstić information content (AvgIpc) is 2.49. The molecular formula is C8H5BrN2OS. The van der Waals surface area contributed by atoms with E-state index in [1.807, 2.05) is 0 Å². The van der Waals surface area contributed by atoms with Crippen molar-refractivity contribution in [2.45, 2.75) is 0 Å². The number of carbonyl (C=O) groups is 1. The van der Waals surface area contributed by atoms with Gasteiger partial charge in [0.25, 0.3) is 5.91 Å². The van der Waals surface area contributed by atoms with Gasteiger partial charge in [-0.15, -0.1) is 11.3 Å². The van der Waals surface area contributed by atoms with Crippen molar-refractivity contribution < 1.29 is 4.79 Å². The molecule has 0 aliphatic rings. The lowest BCUT2D eigenvalue weighted by Gasteiger charge is -1.89. The Morgan fingerprint density at radius 1 is 1.54 bits per heavy atom. The molecule has 5 heteroatoms. The van der Waals surface area contributed by atoms with Crippen LogP contribution in [0.15, 0.2) is 22.9 Å². The number of hydrogen-bond donors (Lipinski definition) is 1. The number of amides is 1. The zero-order valence-electron chi connectivity index (χ0n) is 6.45. The Hall–Kier alpha value is -0.940. The molecule has 0 bridgehead atoms. The minimum absolute atomic E-state index is 0.395. The van der Waals surface area contributed by atoms with Crippen LogP contribution in [0, 0.1) is 0 Å². The van der Waals surface area contributed by atoms with Gasteiger partial charge < -0.3 is 5.73 Å². The fourth-order valence-electron chi connectivity index (χ4n) is 1.05. The first kappa shape index (κ1) is 8.65. The fourth-order valence-corrected chi connectivity index (χ4v) is 2.53. The lowest BCUT2D eigenvalue weighted by Crippen LogP contribution is -2.07. The summed E-state index contributed by atoms with van der Waals surface area (Å²) in [7, 11) is 0. The SMILES string of the molecule is NC(=O)c1cc2cncc(Br)c2s1. The summed E-state index contributed by atoms with van der Waals surface area (Å²) >= 11 is 4.73. The topological polar surface area (TPSA) is 56.0 Å². The monoisotopic (exact) mass is 256 g/mol. The van der Waals surface area contributed by atoms with Crippen molar-refractivity contribution >= 4 is 43.3 Å². The summed E-state index contributed by atoms with van der Waals surface area (Å²) in [6, 6.07) is 1.75. The van der Waals surface area contributed by atoms with Crippen LogP contribution in [0.25, 0.3) is 10.1 Å². The summed E-state index contributed by atoms with van der Waals surface area (Å²) in [6.45, 7) is 0. The zero-order chi connectivity index (χ0) is 9.42. The molecule has 0 atom stereocenters. The highest BCUT2D eigenvalue weighted by atomic mass is 79.9. The molecule has 0 saturated carbocycles. The number of aromatic nitrogens is 1. The number of pyridine rings is 1. The Morgan fingerprint density at radius 2 is 2.31 bits per heavy atom. The summed E-state index contributed by atoms with van der Waals surface area (Å²) < 4.78 is 1.89. The molecule has 0 spiro atoms. The fraction of sp³-hybridized carbons (Fsp3) is 0. The van der Waals surface area contributed by atoms with Crippen molar-refractivity contribution in [2.24, 2.45) is 5.73 Å². The molecule has 1 amide bonds. The zero-order valence-corrected chi connectivity index (χ0v) is 8.85. The second-order valence-corrected chi connectivity index (χ2v) is 4.42. The van der Waals surface area contributed by atoms with E-state index in [1.165, 1.54) is 11.3 Å². The number of thiophene rings is 1. The molecule has 2 N–H and O–H groups in total. The first-order valence-corrected chi connectivity index (χ1v) is 5.12. The van der Waals surface area contributed by atoms with Gasteiger partial charge in [0, 0.05) is 17.8 Å². The third-order valence-corrected chi connectivity index (χ3v) is 3.68. The molecule has 0 unspecified atom stereocenters. The van der Waals surface area contributed by atoms with Gasteiger partial charge in [0.2, 0.25) is 0 Å². The van der Waals surface area contributed by atoms with E-state index in [-0.39, 0.29) is 0 Å². The maximum Gasteiger partial charge on any atom is 0.258 e. The molecule has 2 aromatic rings. The number of nitrogens with two attached hydrogens (primary N) is 1. The van der Waals surface area contributed by atoms with E-state index in [2.05, 4.69) is 20.9 Å². The predicted molar refractivity (Wildman–Crippen MR) is 55.8 cm³/mol. The molecule has 0 radical (unpaired) electrons. The highest BCUT2D eigenvalue weighted by Crippen LogP contribution is 2.30. The maximum absolute atomic E-state index is 10.9. The van der Waals surface area contributed by atoms with Crippen LogP contribution in [-0.4, -0.2) is 10.9 Å². The van der Waals surface area contributed by atoms with E-state index in [0.29, 0.717) is 4.88 Å². The van der Waals surface area contributed by atoms with E-state index in [4.69, 9.17) is 5.73 Å².